The summed E-state index contributed by atoms with van der Waals surface area (Å²) in [6.07, 6.45) is 1.95. The molecule has 2 aromatic rings. The number of benzene rings is 2. The van der Waals surface area contributed by atoms with Gasteiger partial charge in [0, 0.05) is 17.3 Å². The Balaban J connectivity index is 1.59. The lowest BCUT2D eigenvalue weighted by atomic mass is 10.1. The zero-order valence-corrected chi connectivity index (χ0v) is 15.5. The molecule has 27 heavy (non-hydrogen) atoms. The van der Waals surface area contributed by atoms with E-state index in [9.17, 15) is 14.4 Å². The predicted molar refractivity (Wildman–Crippen MR) is 103 cm³/mol. The number of hydrogen-bond donors (Lipinski definition) is 2. The quantitative estimate of drug-likeness (QED) is 0.714. The molecule has 0 atom stereocenters. The average Bonchev–Trinajstić information content (AvgIpc) is 3.45. The number of ketones is 1. The van der Waals surface area contributed by atoms with E-state index in [1.165, 1.54) is 13.0 Å². The molecule has 2 N–H and O–H groups in total. The van der Waals surface area contributed by atoms with Gasteiger partial charge >= 0.3 is 0 Å². The minimum atomic E-state index is -0.390. The van der Waals surface area contributed by atoms with Gasteiger partial charge in [0.2, 0.25) is 0 Å². The third-order valence-corrected chi connectivity index (χ3v) is 4.35. The first-order valence-electron chi connectivity index (χ1n) is 8.56. The molecule has 6 nitrogen and oxygen atoms in total. The second-order valence-electron chi connectivity index (χ2n) is 6.36. The zero-order valence-electron chi connectivity index (χ0n) is 14.8. The standard InChI is InChI=1S/C20H19ClN2O4/c1-12(24)13-3-2-4-16(9-13)27-11-19(25)22-15-7-8-18(21)17(10-15)20(26)23-14-5-6-14/h2-4,7-10,14H,5-6,11H2,1H3,(H,22,25)(H,23,26). The lowest BCUT2D eigenvalue weighted by Gasteiger charge is -2.10. The number of amides is 2. The van der Waals surface area contributed by atoms with Crippen molar-refractivity contribution in [1.82, 2.24) is 5.32 Å². The fraction of sp³-hybridized carbons (Fsp3) is 0.250. The topological polar surface area (TPSA) is 84.5 Å². The fourth-order valence-electron chi connectivity index (χ4n) is 2.42. The number of carbonyl (C=O) groups excluding carboxylic acids is 3. The fourth-order valence-corrected chi connectivity index (χ4v) is 2.62. The highest BCUT2D eigenvalue weighted by Crippen LogP contribution is 2.24. The molecule has 1 fully saturated rings. The molecular formula is C20H19ClN2O4. The van der Waals surface area contributed by atoms with Gasteiger partial charge in [0.05, 0.1) is 10.6 Å². The van der Waals surface area contributed by atoms with E-state index < -0.39 is 0 Å². The molecule has 2 amide bonds. The molecule has 0 saturated heterocycles. The Morgan fingerprint density at radius 2 is 1.93 bits per heavy atom. The average molecular weight is 387 g/mol. The van der Waals surface area contributed by atoms with E-state index in [2.05, 4.69) is 10.6 Å². The number of ether oxygens (including phenoxy) is 1. The van der Waals surface area contributed by atoms with Crippen molar-refractivity contribution in [2.24, 2.45) is 0 Å². The van der Waals surface area contributed by atoms with Gasteiger partial charge in [-0.05, 0) is 50.1 Å². The third-order valence-electron chi connectivity index (χ3n) is 4.02. The number of Topliss-reactive ketones (excluding diaryl/α,β-unsaturated/α-hetero) is 1. The number of rotatable bonds is 7. The second kappa shape index (κ2) is 8.22. The van der Waals surface area contributed by atoms with Gasteiger partial charge in [-0.25, -0.2) is 0 Å². The molecule has 1 saturated carbocycles. The summed E-state index contributed by atoms with van der Waals surface area (Å²) in [6.45, 7) is 1.23. The highest BCUT2D eigenvalue weighted by molar-refractivity contribution is 6.34. The normalized spacial score (nSPS) is 13.0. The Labute approximate surface area is 161 Å². The van der Waals surface area contributed by atoms with Gasteiger partial charge in [-0.1, -0.05) is 23.7 Å². The van der Waals surface area contributed by atoms with E-state index >= 15 is 0 Å². The summed E-state index contributed by atoms with van der Waals surface area (Å²) < 4.78 is 5.42. The first-order chi connectivity index (χ1) is 12.9. The SMILES string of the molecule is CC(=O)c1cccc(OCC(=O)Nc2ccc(Cl)c(C(=O)NC3CC3)c2)c1. The Bertz CT molecular complexity index is 893. The van der Waals surface area contributed by atoms with Gasteiger partial charge in [0.1, 0.15) is 5.75 Å². The molecule has 1 aliphatic carbocycles. The Hall–Kier alpha value is -2.86. The molecule has 0 bridgehead atoms. The van der Waals surface area contributed by atoms with Gasteiger partial charge in [-0.3, -0.25) is 14.4 Å². The molecular weight excluding hydrogens is 368 g/mol. The maximum atomic E-state index is 12.2. The number of halogens is 1. The summed E-state index contributed by atoms with van der Waals surface area (Å²) in [5.74, 6) is -0.295. The van der Waals surface area contributed by atoms with Crippen LogP contribution in [0.3, 0.4) is 0 Å². The van der Waals surface area contributed by atoms with Gasteiger partial charge in [-0.15, -0.1) is 0 Å². The minimum Gasteiger partial charge on any atom is -0.484 e. The minimum absolute atomic E-state index is 0.0805. The molecule has 0 unspecified atom stereocenters. The zero-order chi connectivity index (χ0) is 19.4. The van der Waals surface area contributed by atoms with E-state index in [0.29, 0.717) is 27.6 Å². The van der Waals surface area contributed by atoms with E-state index in [1.807, 2.05) is 0 Å². The maximum Gasteiger partial charge on any atom is 0.262 e. The third kappa shape index (κ3) is 5.31. The Morgan fingerprint density at radius 1 is 1.15 bits per heavy atom. The van der Waals surface area contributed by atoms with Crippen LogP contribution in [0.2, 0.25) is 5.02 Å². The van der Waals surface area contributed by atoms with Crippen LogP contribution in [-0.4, -0.2) is 30.2 Å². The van der Waals surface area contributed by atoms with E-state index in [1.54, 1.807) is 36.4 Å². The van der Waals surface area contributed by atoms with E-state index in [0.717, 1.165) is 12.8 Å². The highest BCUT2D eigenvalue weighted by atomic mass is 35.5. The van der Waals surface area contributed by atoms with Crippen LogP contribution in [0, 0.1) is 0 Å². The first-order valence-corrected chi connectivity index (χ1v) is 8.94. The molecule has 2 aromatic carbocycles. The van der Waals surface area contributed by atoms with Crippen molar-refractivity contribution in [3.63, 3.8) is 0 Å². The largest absolute Gasteiger partial charge is 0.484 e. The van der Waals surface area contributed by atoms with Crippen molar-refractivity contribution in [3.8, 4) is 5.75 Å². The smallest absolute Gasteiger partial charge is 0.262 e. The lowest BCUT2D eigenvalue weighted by Crippen LogP contribution is -2.26. The van der Waals surface area contributed by atoms with Gasteiger partial charge in [0.25, 0.3) is 11.8 Å². The predicted octanol–water partition coefficient (Wildman–Crippen LogP) is 3.45. The van der Waals surface area contributed by atoms with Crippen LogP contribution in [-0.2, 0) is 4.79 Å². The lowest BCUT2D eigenvalue weighted by molar-refractivity contribution is -0.118. The monoisotopic (exact) mass is 386 g/mol. The molecule has 0 aromatic heterocycles. The summed E-state index contributed by atoms with van der Waals surface area (Å²) in [5.41, 5.74) is 1.28. The summed E-state index contributed by atoms with van der Waals surface area (Å²) in [7, 11) is 0. The molecule has 1 aliphatic rings. The van der Waals surface area contributed by atoms with Gasteiger partial charge < -0.3 is 15.4 Å². The van der Waals surface area contributed by atoms with Crippen molar-refractivity contribution >= 4 is 34.9 Å². The molecule has 0 heterocycles. The number of nitrogens with one attached hydrogen (secondary N) is 2. The van der Waals surface area contributed by atoms with Gasteiger partial charge in [0.15, 0.2) is 12.4 Å². The number of hydrogen-bond acceptors (Lipinski definition) is 4. The van der Waals surface area contributed by atoms with Crippen LogP contribution in [0.1, 0.15) is 40.5 Å². The van der Waals surface area contributed by atoms with E-state index in [-0.39, 0.29) is 30.2 Å². The first kappa shape index (κ1) is 18.9. The molecule has 0 spiro atoms. The number of anilines is 1. The van der Waals surface area contributed by atoms with Crippen molar-refractivity contribution in [3.05, 3.63) is 58.6 Å². The van der Waals surface area contributed by atoms with Crippen molar-refractivity contribution in [1.29, 1.82) is 0 Å². The van der Waals surface area contributed by atoms with Crippen LogP contribution in [0.25, 0.3) is 0 Å². The molecule has 0 aliphatic heterocycles. The highest BCUT2D eigenvalue weighted by Gasteiger charge is 2.24. The van der Waals surface area contributed by atoms with E-state index in [4.69, 9.17) is 16.3 Å². The Kier molecular flexibility index (Phi) is 5.76. The number of carbonyl (C=O) groups is 3. The van der Waals surface area contributed by atoms with Crippen LogP contribution >= 0.6 is 11.6 Å². The van der Waals surface area contributed by atoms with Crippen LogP contribution in [0.15, 0.2) is 42.5 Å². The van der Waals surface area contributed by atoms with Crippen LogP contribution in [0.4, 0.5) is 5.69 Å². The van der Waals surface area contributed by atoms with Crippen molar-refractivity contribution < 1.29 is 19.1 Å². The molecule has 0 radical (unpaired) electrons. The van der Waals surface area contributed by atoms with Crippen LogP contribution < -0.4 is 15.4 Å². The van der Waals surface area contributed by atoms with Crippen molar-refractivity contribution in [2.75, 3.05) is 11.9 Å². The molecule has 140 valence electrons. The van der Waals surface area contributed by atoms with Gasteiger partial charge in [-0.2, -0.15) is 0 Å². The van der Waals surface area contributed by atoms with Crippen LogP contribution in [0.5, 0.6) is 5.75 Å². The molecule has 7 heteroatoms. The second-order valence-corrected chi connectivity index (χ2v) is 6.77. The Morgan fingerprint density at radius 3 is 2.63 bits per heavy atom. The molecule has 3 rings (SSSR count). The summed E-state index contributed by atoms with van der Waals surface area (Å²) >= 11 is 6.09. The van der Waals surface area contributed by atoms with Crippen molar-refractivity contribution in [2.45, 2.75) is 25.8 Å². The maximum absolute atomic E-state index is 12.2. The summed E-state index contributed by atoms with van der Waals surface area (Å²) in [5, 5.41) is 5.86. The summed E-state index contributed by atoms with van der Waals surface area (Å²) in [4.78, 5) is 35.7. The summed E-state index contributed by atoms with van der Waals surface area (Å²) in [6, 6.07) is 11.5.